The Hall–Kier alpha value is -1.13. The zero-order valence-electron chi connectivity index (χ0n) is 9.86. The molecule has 1 N–H and O–H groups in total. The van der Waals surface area contributed by atoms with Crippen molar-refractivity contribution in [2.24, 2.45) is 0 Å². The molecule has 0 aliphatic heterocycles. The number of benzene rings is 1. The average Bonchev–Trinajstić information content (AvgIpc) is 2.79. The second-order valence-electron chi connectivity index (χ2n) is 3.95. The van der Waals surface area contributed by atoms with Crippen LogP contribution in [0.1, 0.15) is 18.9 Å². The second kappa shape index (κ2) is 5.98. The Bertz CT molecular complexity index is 462. The van der Waals surface area contributed by atoms with E-state index in [2.05, 4.69) is 39.5 Å². The van der Waals surface area contributed by atoms with Crippen LogP contribution in [0.3, 0.4) is 0 Å². The molecule has 0 saturated heterocycles. The third-order valence-electron chi connectivity index (χ3n) is 2.48. The summed E-state index contributed by atoms with van der Waals surface area (Å²) in [6.45, 7) is 4.09. The Morgan fingerprint density at radius 2 is 2.06 bits per heavy atom. The van der Waals surface area contributed by atoms with Gasteiger partial charge in [-0.25, -0.2) is 4.68 Å². The van der Waals surface area contributed by atoms with Crippen molar-refractivity contribution in [2.45, 2.75) is 19.9 Å². The molecular weight excluding hydrogens is 278 g/mol. The number of aromatic nitrogens is 2. The molecule has 1 heterocycles. The first kappa shape index (κ1) is 12.3. The van der Waals surface area contributed by atoms with Crippen LogP contribution >= 0.6 is 15.9 Å². The lowest BCUT2D eigenvalue weighted by atomic mass is 10.3. The van der Waals surface area contributed by atoms with Gasteiger partial charge in [0.05, 0.1) is 11.9 Å². The van der Waals surface area contributed by atoms with Crippen molar-refractivity contribution >= 4 is 15.9 Å². The molecule has 0 unspecified atom stereocenters. The average molecular weight is 294 g/mol. The third-order valence-corrected chi connectivity index (χ3v) is 3.01. The van der Waals surface area contributed by atoms with Crippen LogP contribution < -0.4 is 5.32 Å². The van der Waals surface area contributed by atoms with Crippen molar-refractivity contribution in [1.29, 1.82) is 0 Å². The van der Waals surface area contributed by atoms with E-state index >= 15 is 0 Å². The van der Waals surface area contributed by atoms with Gasteiger partial charge in [-0.3, -0.25) is 0 Å². The minimum absolute atomic E-state index is 0.879. The van der Waals surface area contributed by atoms with E-state index in [0.29, 0.717) is 0 Å². The topological polar surface area (TPSA) is 29.9 Å². The molecule has 0 radical (unpaired) electrons. The molecule has 1 aromatic carbocycles. The summed E-state index contributed by atoms with van der Waals surface area (Å²) >= 11 is 3.43. The van der Waals surface area contributed by atoms with Gasteiger partial charge in [-0.1, -0.05) is 22.9 Å². The van der Waals surface area contributed by atoms with E-state index in [-0.39, 0.29) is 0 Å². The number of hydrogen-bond donors (Lipinski definition) is 1. The number of hydrogen-bond acceptors (Lipinski definition) is 2. The molecule has 0 atom stereocenters. The Kier molecular flexibility index (Phi) is 4.34. The molecule has 0 amide bonds. The van der Waals surface area contributed by atoms with Gasteiger partial charge in [-0.05, 0) is 37.2 Å². The standard InChI is InChI=1S/C13H16BrN3/c1-2-7-15-8-11-9-16-17(10-11)13-5-3-12(14)4-6-13/h3-6,9-10,15H,2,7-8H2,1H3. The predicted octanol–water partition coefficient (Wildman–Crippen LogP) is 3.13. The van der Waals surface area contributed by atoms with Crippen LogP contribution in [0.25, 0.3) is 5.69 Å². The van der Waals surface area contributed by atoms with E-state index in [1.807, 2.05) is 35.1 Å². The van der Waals surface area contributed by atoms with E-state index in [9.17, 15) is 0 Å². The molecule has 2 rings (SSSR count). The molecule has 0 saturated carbocycles. The summed E-state index contributed by atoms with van der Waals surface area (Å²) in [5.74, 6) is 0. The smallest absolute Gasteiger partial charge is 0.0646 e. The largest absolute Gasteiger partial charge is 0.313 e. The fourth-order valence-corrected chi connectivity index (χ4v) is 1.86. The molecule has 17 heavy (non-hydrogen) atoms. The van der Waals surface area contributed by atoms with Crippen LogP contribution in [0, 0.1) is 0 Å². The van der Waals surface area contributed by atoms with Gasteiger partial charge in [-0.15, -0.1) is 0 Å². The molecule has 0 aliphatic rings. The number of halogens is 1. The number of nitrogens with one attached hydrogen (secondary N) is 1. The number of rotatable bonds is 5. The minimum Gasteiger partial charge on any atom is -0.313 e. The summed E-state index contributed by atoms with van der Waals surface area (Å²) in [5.41, 5.74) is 2.29. The molecule has 4 heteroatoms. The van der Waals surface area contributed by atoms with Crippen LogP contribution in [-0.4, -0.2) is 16.3 Å². The third kappa shape index (κ3) is 3.41. The molecule has 1 aromatic heterocycles. The quantitative estimate of drug-likeness (QED) is 0.859. The first-order valence-corrected chi connectivity index (χ1v) is 6.59. The maximum Gasteiger partial charge on any atom is 0.0646 e. The van der Waals surface area contributed by atoms with Gasteiger partial charge in [0.1, 0.15) is 0 Å². The fourth-order valence-electron chi connectivity index (χ4n) is 1.60. The first-order chi connectivity index (χ1) is 8.29. The van der Waals surface area contributed by atoms with Crippen molar-refractivity contribution in [1.82, 2.24) is 15.1 Å². The summed E-state index contributed by atoms with van der Waals surface area (Å²) in [6.07, 6.45) is 5.12. The summed E-state index contributed by atoms with van der Waals surface area (Å²) in [6, 6.07) is 8.12. The maximum absolute atomic E-state index is 4.36. The number of nitrogens with zero attached hydrogens (tertiary/aromatic N) is 2. The zero-order valence-corrected chi connectivity index (χ0v) is 11.4. The fraction of sp³-hybridized carbons (Fsp3) is 0.308. The lowest BCUT2D eigenvalue weighted by molar-refractivity contribution is 0.675. The van der Waals surface area contributed by atoms with Gasteiger partial charge < -0.3 is 5.32 Å². The lowest BCUT2D eigenvalue weighted by Crippen LogP contribution is -2.13. The summed E-state index contributed by atoms with van der Waals surface area (Å²) in [5, 5.41) is 7.72. The van der Waals surface area contributed by atoms with E-state index in [4.69, 9.17) is 0 Å². The van der Waals surface area contributed by atoms with E-state index in [0.717, 1.165) is 29.7 Å². The van der Waals surface area contributed by atoms with Crippen molar-refractivity contribution in [3.8, 4) is 5.69 Å². The molecule has 0 fully saturated rings. The summed E-state index contributed by atoms with van der Waals surface area (Å²) in [7, 11) is 0. The van der Waals surface area contributed by atoms with Gasteiger partial charge >= 0.3 is 0 Å². The highest BCUT2D eigenvalue weighted by Gasteiger charge is 2.00. The van der Waals surface area contributed by atoms with Crippen molar-refractivity contribution in [2.75, 3.05) is 6.54 Å². The first-order valence-electron chi connectivity index (χ1n) is 5.80. The highest BCUT2D eigenvalue weighted by atomic mass is 79.9. The Balaban J connectivity index is 2.04. The van der Waals surface area contributed by atoms with Gasteiger partial charge in [0.2, 0.25) is 0 Å². The van der Waals surface area contributed by atoms with Crippen LogP contribution in [-0.2, 0) is 6.54 Å². The Morgan fingerprint density at radius 1 is 1.29 bits per heavy atom. The lowest BCUT2D eigenvalue weighted by Gasteiger charge is -2.01. The minimum atomic E-state index is 0.879. The van der Waals surface area contributed by atoms with E-state index in [1.54, 1.807) is 0 Å². The molecule has 2 aromatic rings. The van der Waals surface area contributed by atoms with Crippen LogP contribution in [0.4, 0.5) is 0 Å². The Morgan fingerprint density at radius 3 is 2.76 bits per heavy atom. The summed E-state index contributed by atoms with van der Waals surface area (Å²) in [4.78, 5) is 0. The zero-order chi connectivity index (χ0) is 12.1. The van der Waals surface area contributed by atoms with Crippen LogP contribution in [0.15, 0.2) is 41.1 Å². The van der Waals surface area contributed by atoms with Gasteiger partial charge in [-0.2, -0.15) is 5.10 Å². The van der Waals surface area contributed by atoms with Crippen LogP contribution in [0.2, 0.25) is 0 Å². The normalized spacial score (nSPS) is 10.7. The molecule has 0 spiro atoms. The molecule has 0 bridgehead atoms. The molecule has 0 aliphatic carbocycles. The predicted molar refractivity (Wildman–Crippen MR) is 73.3 cm³/mol. The van der Waals surface area contributed by atoms with Gasteiger partial charge in [0.25, 0.3) is 0 Å². The highest BCUT2D eigenvalue weighted by molar-refractivity contribution is 9.10. The molecular formula is C13H16BrN3. The highest BCUT2D eigenvalue weighted by Crippen LogP contribution is 2.13. The van der Waals surface area contributed by atoms with Crippen molar-refractivity contribution < 1.29 is 0 Å². The SMILES string of the molecule is CCCNCc1cnn(-c2ccc(Br)cc2)c1. The van der Waals surface area contributed by atoms with Crippen molar-refractivity contribution in [3.63, 3.8) is 0 Å². The van der Waals surface area contributed by atoms with Crippen molar-refractivity contribution in [3.05, 3.63) is 46.7 Å². The molecule has 3 nitrogen and oxygen atoms in total. The Labute approximate surface area is 110 Å². The maximum atomic E-state index is 4.36. The van der Waals surface area contributed by atoms with Gasteiger partial charge in [0, 0.05) is 22.8 Å². The molecule has 90 valence electrons. The van der Waals surface area contributed by atoms with E-state index < -0.39 is 0 Å². The summed E-state index contributed by atoms with van der Waals surface area (Å²) < 4.78 is 2.98. The van der Waals surface area contributed by atoms with Crippen LogP contribution in [0.5, 0.6) is 0 Å². The monoisotopic (exact) mass is 293 g/mol. The second-order valence-corrected chi connectivity index (χ2v) is 4.86. The van der Waals surface area contributed by atoms with E-state index in [1.165, 1.54) is 5.56 Å². The van der Waals surface area contributed by atoms with Gasteiger partial charge in [0.15, 0.2) is 0 Å².